The third-order valence-corrected chi connectivity index (χ3v) is 8.95. The highest BCUT2D eigenvalue weighted by atomic mass is 32.2. The van der Waals surface area contributed by atoms with E-state index >= 15 is 0 Å². The van der Waals surface area contributed by atoms with E-state index in [-0.39, 0.29) is 5.97 Å². The fourth-order valence-electron chi connectivity index (χ4n) is 5.32. The largest absolute Gasteiger partial charge is 0.426 e. The van der Waals surface area contributed by atoms with Gasteiger partial charge in [-0.05, 0) is 78.1 Å². The minimum absolute atomic E-state index is 0.188. The number of thioether (sulfide) groups is 1. The molecule has 0 N–H and O–H groups in total. The van der Waals surface area contributed by atoms with Crippen molar-refractivity contribution in [2.75, 3.05) is 71.4 Å². The summed E-state index contributed by atoms with van der Waals surface area (Å²) in [5, 5.41) is 0. The first-order chi connectivity index (χ1) is 23.1. The normalized spacial score (nSPS) is 15.1. The SMILES string of the molecule is CCCC(=O)Oc1ccc(SCC=C(c2ccc(C#CCN3CCOCC3)cc2)c2ccc(C#CCN3CCOCC3)cc2)cc1C. The predicted molar refractivity (Wildman–Crippen MR) is 191 cm³/mol. The molecule has 6 nitrogen and oxygen atoms in total. The van der Waals surface area contributed by atoms with Gasteiger partial charge in [0.05, 0.1) is 39.5 Å². The Hall–Kier alpha value is -3.82. The number of hydrogen-bond donors (Lipinski definition) is 0. The van der Waals surface area contributed by atoms with Gasteiger partial charge in [0.2, 0.25) is 0 Å². The van der Waals surface area contributed by atoms with Crippen molar-refractivity contribution in [3.05, 3.63) is 101 Å². The lowest BCUT2D eigenvalue weighted by Crippen LogP contribution is -2.36. The van der Waals surface area contributed by atoms with Gasteiger partial charge in [0.1, 0.15) is 5.75 Å². The number of ether oxygens (including phenoxy) is 3. The van der Waals surface area contributed by atoms with E-state index in [0.717, 1.165) is 111 Å². The van der Waals surface area contributed by atoms with Crippen LogP contribution in [-0.4, -0.2) is 87.2 Å². The van der Waals surface area contributed by atoms with E-state index in [9.17, 15) is 4.79 Å². The lowest BCUT2D eigenvalue weighted by atomic mass is 9.96. The molecule has 0 amide bonds. The number of benzene rings is 3. The molecular weight excluding hydrogens is 605 g/mol. The number of rotatable bonds is 10. The van der Waals surface area contributed by atoms with Crippen LogP contribution in [-0.2, 0) is 14.3 Å². The molecule has 0 aromatic heterocycles. The Bertz CT molecular complexity index is 1530. The van der Waals surface area contributed by atoms with Crippen LogP contribution in [0.25, 0.3) is 5.57 Å². The molecular formula is C40H44N2O4S. The number of hydrogen-bond acceptors (Lipinski definition) is 7. The molecule has 47 heavy (non-hydrogen) atoms. The zero-order chi connectivity index (χ0) is 32.7. The Balaban J connectivity index is 1.29. The first-order valence-electron chi connectivity index (χ1n) is 16.5. The molecule has 5 rings (SSSR count). The van der Waals surface area contributed by atoms with Gasteiger partial charge in [0.25, 0.3) is 0 Å². The third kappa shape index (κ3) is 11.1. The topological polar surface area (TPSA) is 51.2 Å². The maximum atomic E-state index is 12.0. The number of carbonyl (C=O) groups excluding carboxylic acids is 1. The summed E-state index contributed by atoms with van der Waals surface area (Å²) in [6.45, 7) is 12.4. The van der Waals surface area contributed by atoms with E-state index in [1.54, 1.807) is 11.8 Å². The van der Waals surface area contributed by atoms with Crippen molar-refractivity contribution >= 4 is 23.3 Å². The van der Waals surface area contributed by atoms with Gasteiger partial charge in [-0.2, -0.15) is 0 Å². The van der Waals surface area contributed by atoms with E-state index < -0.39 is 0 Å². The minimum Gasteiger partial charge on any atom is -0.426 e. The molecule has 7 heteroatoms. The van der Waals surface area contributed by atoms with Crippen LogP contribution in [0.4, 0.5) is 0 Å². The van der Waals surface area contributed by atoms with Crippen LogP contribution in [0.3, 0.4) is 0 Å². The molecule has 2 aliphatic heterocycles. The summed E-state index contributed by atoms with van der Waals surface area (Å²) < 4.78 is 16.4. The van der Waals surface area contributed by atoms with Crippen LogP contribution in [0.5, 0.6) is 5.75 Å². The summed E-state index contributed by atoms with van der Waals surface area (Å²) in [5.41, 5.74) is 6.43. The van der Waals surface area contributed by atoms with Crippen LogP contribution >= 0.6 is 11.8 Å². The van der Waals surface area contributed by atoms with Gasteiger partial charge in [-0.15, -0.1) is 11.8 Å². The average molecular weight is 649 g/mol. The molecule has 244 valence electrons. The maximum absolute atomic E-state index is 12.0. The fourth-order valence-corrected chi connectivity index (χ4v) is 6.19. The average Bonchev–Trinajstić information content (AvgIpc) is 3.10. The second-order valence-corrected chi connectivity index (χ2v) is 12.7. The lowest BCUT2D eigenvalue weighted by Gasteiger charge is -2.24. The predicted octanol–water partition coefficient (Wildman–Crippen LogP) is 6.29. The second kappa shape index (κ2) is 18.5. The van der Waals surface area contributed by atoms with Crippen molar-refractivity contribution in [3.63, 3.8) is 0 Å². The van der Waals surface area contributed by atoms with E-state index in [1.165, 1.54) is 5.57 Å². The standard InChI is InChI=1S/C40H44N2O4S/c1-3-6-40(43)46-39-18-17-37(31-32(39)2)47-30-19-38(35-13-9-33(10-14-35)7-4-20-41-22-26-44-27-23-41)36-15-11-34(12-16-36)8-5-21-42-24-28-45-29-25-42/h9-19,31H,3,6,20-30H2,1-2H3. The number of morpholine rings is 2. The Labute approximate surface area is 284 Å². The highest BCUT2D eigenvalue weighted by Crippen LogP contribution is 2.29. The number of carbonyl (C=O) groups is 1. The minimum atomic E-state index is -0.188. The van der Waals surface area contributed by atoms with Crippen LogP contribution in [0, 0.1) is 30.6 Å². The van der Waals surface area contributed by atoms with Crippen LogP contribution in [0.2, 0.25) is 0 Å². The van der Waals surface area contributed by atoms with Gasteiger partial charge < -0.3 is 14.2 Å². The third-order valence-electron chi connectivity index (χ3n) is 8.03. The molecule has 0 unspecified atom stereocenters. The molecule has 3 aromatic carbocycles. The highest BCUT2D eigenvalue weighted by molar-refractivity contribution is 7.99. The van der Waals surface area contributed by atoms with E-state index in [4.69, 9.17) is 14.2 Å². The molecule has 0 bridgehead atoms. The van der Waals surface area contributed by atoms with Gasteiger partial charge in [-0.1, -0.05) is 60.9 Å². The van der Waals surface area contributed by atoms with E-state index in [0.29, 0.717) is 12.2 Å². The Morgan fingerprint density at radius 1 is 0.809 bits per heavy atom. The van der Waals surface area contributed by atoms with Crippen molar-refractivity contribution < 1.29 is 19.0 Å². The Morgan fingerprint density at radius 3 is 1.83 bits per heavy atom. The molecule has 2 fully saturated rings. The van der Waals surface area contributed by atoms with Crippen LogP contribution in [0.1, 0.15) is 47.6 Å². The Kier molecular flexibility index (Phi) is 13.6. The van der Waals surface area contributed by atoms with Crippen molar-refractivity contribution in [1.29, 1.82) is 0 Å². The van der Waals surface area contributed by atoms with Crippen molar-refractivity contribution in [2.24, 2.45) is 0 Å². The molecule has 2 aliphatic rings. The molecule has 0 saturated carbocycles. The number of esters is 1. The maximum Gasteiger partial charge on any atom is 0.311 e. The Morgan fingerprint density at radius 2 is 1.34 bits per heavy atom. The van der Waals surface area contributed by atoms with E-state index in [2.05, 4.69) is 94.2 Å². The van der Waals surface area contributed by atoms with Crippen LogP contribution < -0.4 is 4.74 Å². The molecule has 0 spiro atoms. The number of nitrogens with zero attached hydrogens (tertiary/aromatic N) is 2. The van der Waals surface area contributed by atoms with Crippen molar-refractivity contribution in [2.45, 2.75) is 31.6 Å². The molecule has 2 heterocycles. The molecule has 0 atom stereocenters. The zero-order valence-electron chi connectivity index (χ0n) is 27.6. The first kappa shape index (κ1) is 34.5. The van der Waals surface area contributed by atoms with E-state index in [1.807, 2.05) is 26.0 Å². The number of aryl methyl sites for hydroxylation is 1. The fraction of sp³-hybridized carbons (Fsp3) is 0.375. The van der Waals surface area contributed by atoms with Gasteiger partial charge >= 0.3 is 5.97 Å². The zero-order valence-corrected chi connectivity index (χ0v) is 28.4. The second-order valence-electron chi connectivity index (χ2n) is 11.6. The highest BCUT2D eigenvalue weighted by Gasteiger charge is 2.11. The summed E-state index contributed by atoms with van der Waals surface area (Å²) in [5.74, 6) is 14.5. The molecule has 3 aromatic rings. The van der Waals surface area contributed by atoms with Gasteiger partial charge in [0, 0.05) is 54.4 Å². The molecule has 0 aliphatic carbocycles. The van der Waals surface area contributed by atoms with Gasteiger partial charge in [-0.3, -0.25) is 14.6 Å². The van der Waals surface area contributed by atoms with Crippen LogP contribution in [0.15, 0.2) is 77.7 Å². The quantitative estimate of drug-likeness (QED) is 0.111. The molecule has 2 saturated heterocycles. The summed E-state index contributed by atoms with van der Waals surface area (Å²) in [4.78, 5) is 17.8. The summed E-state index contributed by atoms with van der Waals surface area (Å²) >= 11 is 1.76. The summed E-state index contributed by atoms with van der Waals surface area (Å²) in [6.07, 6.45) is 3.48. The smallest absolute Gasteiger partial charge is 0.311 e. The van der Waals surface area contributed by atoms with Crippen molar-refractivity contribution in [1.82, 2.24) is 9.80 Å². The summed E-state index contributed by atoms with van der Waals surface area (Å²) in [6, 6.07) is 23.1. The lowest BCUT2D eigenvalue weighted by molar-refractivity contribution is -0.134. The monoisotopic (exact) mass is 648 g/mol. The first-order valence-corrected chi connectivity index (χ1v) is 17.5. The van der Waals surface area contributed by atoms with Crippen molar-refractivity contribution in [3.8, 4) is 29.4 Å². The summed E-state index contributed by atoms with van der Waals surface area (Å²) in [7, 11) is 0. The van der Waals surface area contributed by atoms with Gasteiger partial charge in [0.15, 0.2) is 0 Å². The van der Waals surface area contributed by atoms with Gasteiger partial charge in [-0.25, -0.2) is 0 Å². The molecule has 0 radical (unpaired) electrons.